The van der Waals surface area contributed by atoms with Crippen LogP contribution in [0.3, 0.4) is 0 Å². The molecular formula is C16H21FN2S. The topological polar surface area (TPSA) is 29.3 Å². The van der Waals surface area contributed by atoms with Crippen molar-refractivity contribution in [3.8, 4) is 0 Å². The van der Waals surface area contributed by atoms with E-state index >= 15 is 0 Å². The average molecular weight is 292 g/mol. The Bertz CT molecular complexity index is 553. The summed E-state index contributed by atoms with van der Waals surface area (Å²) < 4.78 is 14.0. The Morgan fingerprint density at radius 1 is 1.20 bits per heavy atom. The maximum Gasteiger partial charge on any atom is 0.146 e. The van der Waals surface area contributed by atoms with Crippen molar-refractivity contribution in [1.29, 1.82) is 0 Å². The minimum absolute atomic E-state index is 0.0298. The molecule has 2 nitrogen and oxygen atoms in total. The molecule has 1 aromatic heterocycles. The van der Waals surface area contributed by atoms with Gasteiger partial charge in [0.25, 0.3) is 0 Å². The number of hydrogen-bond donors (Lipinski definition) is 1. The summed E-state index contributed by atoms with van der Waals surface area (Å²) in [7, 11) is 0. The quantitative estimate of drug-likeness (QED) is 0.872. The highest BCUT2D eigenvalue weighted by Crippen LogP contribution is 2.32. The van der Waals surface area contributed by atoms with Crippen molar-refractivity contribution in [3.05, 3.63) is 52.0 Å². The third-order valence-electron chi connectivity index (χ3n) is 3.46. The monoisotopic (exact) mass is 292 g/mol. The van der Waals surface area contributed by atoms with Crippen LogP contribution in [0.4, 0.5) is 10.1 Å². The number of nitrogens with two attached hydrogens (primary N) is 1. The number of aryl methyl sites for hydroxylation is 1. The van der Waals surface area contributed by atoms with Crippen LogP contribution in [-0.4, -0.2) is 13.1 Å². The summed E-state index contributed by atoms with van der Waals surface area (Å²) in [6.45, 7) is 5.37. The van der Waals surface area contributed by atoms with Crippen molar-refractivity contribution in [3.63, 3.8) is 0 Å². The van der Waals surface area contributed by atoms with Crippen LogP contribution in [0.5, 0.6) is 0 Å². The van der Waals surface area contributed by atoms with E-state index in [1.807, 2.05) is 24.0 Å². The second-order valence-electron chi connectivity index (χ2n) is 4.65. The first kappa shape index (κ1) is 15.0. The number of likely N-dealkylation sites (N-methyl/N-ethyl adjacent to an activating group) is 1. The minimum atomic E-state index is -0.194. The summed E-state index contributed by atoms with van der Waals surface area (Å²) in [5.74, 6) is -0.194. The first-order valence-corrected chi connectivity index (χ1v) is 7.82. The molecule has 1 aromatic carbocycles. The van der Waals surface area contributed by atoms with Crippen molar-refractivity contribution in [1.82, 2.24) is 0 Å². The molecule has 0 aliphatic heterocycles. The Kier molecular flexibility index (Phi) is 5.15. The third kappa shape index (κ3) is 3.02. The smallest absolute Gasteiger partial charge is 0.146 e. The van der Waals surface area contributed by atoms with Crippen molar-refractivity contribution in [2.24, 2.45) is 5.73 Å². The molecule has 4 heteroatoms. The lowest BCUT2D eigenvalue weighted by Gasteiger charge is -2.31. The van der Waals surface area contributed by atoms with E-state index in [-0.39, 0.29) is 11.9 Å². The summed E-state index contributed by atoms with van der Waals surface area (Å²) in [6, 6.07) is 11.2. The predicted molar refractivity (Wildman–Crippen MR) is 84.9 cm³/mol. The second-order valence-corrected chi connectivity index (χ2v) is 5.85. The molecule has 1 unspecified atom stereocenters. The molecule has 2 aromatic rings. The third-order valence-corrected chi connectivity index (χ3v) is 4.79. The fourth-order valence-electron chi connectivity index (χ4n) is 2.40. The number of halogens is 1. The Labute approximate surface area is 124 Å². The van der Waals surface area contributed by atoms with Gasteiger partial charge in [-0.15, -0.1) is 11.3 Å². The molecular weight excluding hydrogens is 271 g/mol. The summed E-state index contributed by atoms with van der Waals surface area (Å²) >= 11 is 1.77. The Morgan fingerprint density at radius 3 is 2.50 bits per heavy atom. The number of para-hydroxylation sites is 1. The van der Waals surface area contributed by atoms with E-state index in [4.69, 9.17) is 5.73 Å². The number of rotatable bonds is 6. The molecule has 0 amide bonds. The lowest BCUT2D eigenvalue weighted by Crippen LogP contribution is -2.33. The van der Waals surface area contributed by atoms with Crippen molar-refractivity contribution in [2.45, 2.75) is 26.3 Å². The van der Waals surface area contributed by atoms with Crippen LogP contribution in [0.1, 0.15) is 29.6 Å². The second kappa shape index (κ2) is 6.86. The summed E-state index contributed by atoms with van der Waals surface area (Å²) in [5.41, 5.74) is 6.58. The Hall–Kier alpha value is -1.39. The normalized spacial score (nSPS) is 12.4. The Morgan fingerprint density at radius 2 is 1.95 bits per heavy atom. The van der Waals surface area contributed by atoms with Gasteiger partial charge in [0.15, 0.2) is 0 Å². The van der Waals surface area contributed by atoms with Crippen LogP contribution in [0.15, 0.2) is 36.4 Å². The van der Waals surface area contributed by atoms with Gasteiger partial charge in [-0.2, -0.15) is 0 Å². The zero-order chi connectivity index (χ0) is 14.5. The van der Waals surface area contributed by atoms with Crippen molar-refractivity contribution in [2.75, 3.05) is 18.0 Å². The van der Waals surface area contributed by atoms with Crippen LogP contribution < -0.4 is 10.6 Å². The summed E-state index contributed by atoms with van der Waals surface area (Å²) in [6.07, 6.45) is 1.02. The molecule has 2 rings (SSSR count). The number of anilines is 1. The van der Waals surface area contributed by atoms with Gasteiger partial charge in [0.05, 0.1) is 11.7 Å². The predicted octanol–water partition coefficient (Wildman–Crippen LogP) is 3.98. The van der Waals surface area contributed by atoms with Gasteiger partial charge in [-0.3, -0.25) is 0 Å². The number of benzene rings is 1. The van der Waals surface area contributed by atoms with E-state index in [1.165, 1.54) is 15.8 Å². The van der Waals surface area contributed by atoms with Crippen molar-refractivity contribution >= 4 is 17.0 Å². The zero-order valence-electron chi connectivity index (χ0n) is 12.0. The van der Waals surface area contributed by atoms with Gasteiger partial charge < -0.3 is 10.6 Å². The van der Waals surface area contributed by atoms with Crippen LogP contribution in [0.2, 0.25) is 0 Å². The largest absolute Gasteiger partial charge is 0.360 e. The summed E-state index contributed by atoms with van der Waals surface area (Å²) in [5, 5.41) is 0. The Balaban J connectivity index is 2.35. The first-order chi connectivity index (χ1) is 9.71. The van der Waals surface area contributed by atoms with E-state index in [9.17, 15) is 4.39 Å². The molecule has 0 saturated carbocycles. The van der Waals surface area contributed by atoms with Crippen molar-refractivity contribution < 1.29 is 4.39 Å². The molecule has 1 heterocycles. The van der Waals surface area contributed by atoms with E-state index < -0.39 is 0 Å². The van der Waals surface area contributed by atoms with Crippen LogP contribution >= 0.6 is 11.3 Å². The number of nitrogens with zero attached hydrogens (tertiary/aromatic N) is 1. The van der Waals surface area contributed by atoms with Gasteiger partial charge >= 0.3 is 0 Å². The maximum atomic E-state index is 14.0. The van der Waals surface area contributed by atoms with Gasteiger partial charge in [0, 0.05) is 22.8 Å². The van der Waals surface area contributed by atoms with Gasteiger partial charge in [-0.25, -0.2) is 4.39 Å². The van der Waals surface area contributed by atoms with Gasteiger partial charge in [0.1, 0.15) is 5.82 Å². The fourth-order valence-corrected chi connectivity index (χ4v) is 3.48. The number of thiophene rings is 1. The van der Waals surface area contributed by atoms with E-state index in [0.29, 0.717) is 12.2 Å². The van der Waals surface area contributed by atoms with Crippen LogP contribution in [-0.2, 0) is 6.42 Å². The highest BCUT2D eigenvalue weighted by atomic mass is 32.1. The van der Waals surface area contributed by atoms with E-state index in [2.05, 4.69) is 19.1 Å². The summed E-state index contributed by atoms with van der Waals surface area (Å²) in [4.78, 5) is 4.58. The molecule has 0 spiro atoms. The fraction of sp³-hybridized carbons (Fsp3) is 0.375. The van der Waals surface area contributed by atoms with Crippen LogP contribution in [0.25, 0.3) is 0 Å². The van der Waals surface area contributed by atoms with Gasteiger partial charge in [-0.05, 0) is 37.6 Å². The lowest BCUT2D eigenvalue weighted by molar-refractivity contribution is 0.592. The molecule has 20 heavy (non-hydrogen) atoms. The molecule has 0 radical (unpaired) electrons. The van der Waals surface area contributed by atoms with Crippen LogP contribution in [0, 0.1) is 5.82 Å². The molecule has 0 aliphatic rings. The molecule has 0 fully saturated rings. The molecule has 0 saturated heterocycles. The van der Waals surface area contributed by atoms with Gasteiger partial charge in [0.2, 0.25) is 0 Å². The molecule has 0 bridgehead atoms. The zero-order valence-corrected chi connectivity index (χ0v) is 12.8. The SMILES string of the molecule is CCc1ccc(C(CN)N(CC)c2ccccc2F)s1. The minimum Gasteiger partial charge on any atom is -0.360 e. The van der Waals surface area contributed by atoms with E-state index in [1.54, 1.807) is 17.4 Å². The highest BCUT2D eigenvalue weighted by Gasteiger charge is 2.21. The first-order valence-electron chi connectivity index (χ1n) is 7.01. The average Bonchev–Trinajstić information content (AvgIpc) is 2.94. The number of hydrogen-bond acceptors (Lipinski definition) is 3. The standard InChI is InChI=1S/C16H21FN2S/c1-3-12-9-10-16(20-12)15(11-18)19(4-2)14-8-6-5-7-13(14)17/h5-10,15H,3-4,11,18H2,1-2H3. The molecule has 1 atom stereocenters. The van der Waals surface area contributed by atoms with Gasteiger partial charge in [-0.1, -0.05) is 19.1 Å². The highest BCUT2D eigenvalue weighted by molar-refractivity contribution is 7.12. The maximum absolute atomic E-state index is 14.0. The molecule has 2 N–H and O–H groups in total. The lowest BCUT2D eigenvalue weighted by atomic mass is 10.1. The molecule has 108 valence electrons. The molecule has 0 aliphatic carbocycles. The van der Waals surface area contributed by atoms with E-state index in [0.717, 1.165) is 13.0 Å².